The van der Waals surface area contributed by atoms with E-state index in [1.54, 1.807) is 0 Å². The molecule has 2 unspecified atom stereocenters. The van der Waals surface area contributed by atoms with Crippen molar-refractivity contribution in [3.05, 3.63) is 72.9 Å². The van der Waals surface area contributed by atoms with Crippen LogP contribution < -0.4 is 5.11 Å². The third-order valence-electron chi connectivity index (χ3n) is 17.2. The number of carboxylic acids is 1. The van der Waals surface area contributed by atoms with E-state index in [2.05, 4.69) is 86.8 Å². The molecule has 2 atom stereocenters. The molecule has 0 spiro atoms. The number of nitrogens with zero attached hydrogens (tertiary/aromatic N) is 1. The molecule has 9 heteroatoms. The molecule has 0 aromatic carbocycles. The van der Waals surface area contributed by atoms with Crippen molar-refractivity contribution < 1.29 is 42.9 Å². The third-order valence-corrected chi connectivity index (χ3v) is 17.2. The molecule has 0 radical (unpaired) electrons. The Hall–Kier alpha value is -3.27. The lowest BCUT2D eigenvalue weighted by molar-refractivity contribution is -0.870. The van der Waals surface area contributed by atoms with E-state index < -0.39 is 24.3 Å². The molecule has 0 aliphatic carbocycles. The summed E-state index contributed by atoms with van der Waals surface area (Å²) in [5.41, 5.74) is 0. The third kappa shape index (κ3) is 72.2. The van der Waals surface area contributed by atoms with Gasteiger partial charge in [0, 0.05) is 12.8 Å². The summed E-state index contributed by atoms with van der Waals surface area (Å²) in [5, 5.41) is 11.8. The van der Waals surface area contributed by atoms with Gasteiger partial charge in [-0.25, -0.2) is 0 Å². The maximum absolute atomic E-state index is 12.9. The molecule has 0 heterocycles. The van der Waals surface area contributed by atoms with Crippen LogP contribution in [0.1, 0.15) is 367 Å². The first-order valence-corrected chi connectivity index (χ1v) is 38.6. The predicted molar refractivity (Wildman–Crippen MR) is 385 cm³/mol. The summed E-state index contributed by atoms with van der Waals surface area (Å²) >= 11 is 0. The van der Waals surface area contributed by atoms with E-state index in [-0.39, 0.29) is 32.2 Å². The Morgan fingerprint density at radius 1 is 0.344 bits per heavy atom. The van der Waals surface area contributed by atoms with Gasteiger partial charge in [0.05, 0.1) is 40.3 Å². The maximum atomic E-state index is 12.9. The maximum Gasteiger partial charge on any atom is 0.306 e. The lowest BCUT2D eigenvalue weighted by Gasteiger charge is -2.26. The van der Waals surface area contributed by atoms with Gasteiger partial charge in [0.25, 0.3) is 0 Å². The molecule has 524 valence electrons. The Bertz CT molecular complexity index is 1710. The number of ether oxygens (including phenoxy) is 4. The van der Waals surface area contributed by atoms with Crippen LogP contribution in [0.5, 0.6) is 0 Å². The summed E-state index contributed by atoms with van der Waals surface area (Å²) in [6, 6.07) is 0. The van der Waals surface area contributed by atoms with Crippen molar-refractivity contribution in [3.63, 3.8) is 0 Å². The second kappa shape index (κ2) is 71.6. The largest absolute Gasteiger partial charge is 0.545 e. The number of likely N-dealkylation sites (N-methyl/N-ethyl adjacent to an activating group) is 1. The number of aliphatic carboxylic acids is 1. The van der Waals surface area contributed by atoms with Crippen molar-refractivity contribution in [2.24, 2.45) is 0 Å². The van der Waals surface area contributed by atoms with Gasteiger partial charge in [-0.2, -0.15) is 0 Å². The second-order valence-electron chi connectivity index (χ2n) is 27.3. The van der Waals surface area contributed by atoms with E-state index in [9.17, 15) is 19.5 Å². The lowest BCUT2D eigenvalue weighted by Crippen LogP contribution is -2.44. The fourth-order valence-corrected chi connectivity index (χ4v) is 11.4. The molecule has 0 aliphatic heterocycles. The minimum atomic E-state index is -1.63. The molecule has 0 saturated carbocycles. The fourth-order valence-electron chi connectivity index (χ4n) is 11.4. The molecule has 0 amide bonds. The summed E-state index contributed by atoms with van der Waals surface area (Å²) in [6.07, 6.45) is 93.1. The van der Waals surface area contributed by atoms with Gasteiger partial charge in [0.1, 0.15) is 13.2 Å². The topological polar surface area (TPSA) is 111 Å². The Kier molecular flexibility index (Phi) is 69.0. The van der Waals surface area contributed by atoms with Crippen molar-refractivity contribution >= 4 is 17.9 Å². The Morgan fingerprint density at radius 2 is 0.633 bits per heavy atom. The molecule has 0 rings (SSSR count). The van der Waals surface area contributed by atoms with Gasteiger partial charge in [-0.15, -0.1) is 0 Å². The van der Waals surface area contributed by atoms with Crippen molar-refractivity contribution in [1.82, 2.24) is 0 Å². The number of carbonyl (C=O) groups is 3. The fraction of sp³-hybridized carbons (Fsp3) is 0.815. The lowest BCUT2D eigenvalue weighted by atomic mass is 10.0. The summed E-state index contributed by atoms with van der Waals surface area (Å²) in [6.45, 7) is 4.68. The summed E-state index contributed by atoms with van der Waals surface area (Å²) < 4.78 is 22.8. The molecule has 0 N–H and O–H groups in total. The first-order valence-electron chi connectivity index (χ1n) is 38.6. The van der Waals surface area contributed by atoms with E-state index in [1.165, 1.54) is 250 Å². The number of allylic oxidation sites excluding steroid dienone is 12. The van der Waals surface area contributed by atoms with Crippen molar-refractivity contribution in [2.45, 2.75) is 379 Å². The van der Waals surface area contributed by atoms with Crippen LogP contribution in [-0.2, 0) is 33.3 Å². The van der Waals surface area contributed by atoms with Gasteiger partial charge in [-0.1, -0.05) is 363 Å². The number of hydrogen-bond acceptors (Lipinski definition) is 8. The van der Waals surface area contributed by atoms with Crippen molar-refractivity contribution in [2.75, 3.05) is 47.5 Å². The van der Waals surface area contributed by atoms with Gasteiger partial charge < -0.3 is 33.3 Å². The zero-order chi connectivity index (χ0) is 65.4. The Balaban J connectivity index is 4.00. The molecule has 90 heavy (non-hydrogen) atoms. The molecular formula is C81H147NO8. The van der Waals surface area contributed by atoms with Gasteiger partial charge in [-0.3, -0.25) is 9.59 Å². The Labute approximate surface area is 557 Å². The number of esters is 2. The number of hydrogen-bond donors (Lipinski definition) is 0. The zero-order valence-electron chi connectivity index (χ0n) is 60.0. The molecular weight excluding hydrogens is 1110 g/mol. The van der Waals surface area contributed by atoms with Crippen molar-refractivity contribution in [1.29, 1.82) is 0 Å². The van der Waals surface area contributed by atoms with Gasteiger partial charge in [0.15, 0.2) is 12.4 Å². The van der Waals surface area contributed by atoms with E-state index in [0.29, 0.717) is 23.9 Å². The second-order valence-corrected chi connectivity index (χ2v) is 27.3. The average Bonchev–Trinajstić information content (AvgIpc) is 3.74. The number of rotatable bonds is 72. The highest BCUT2D eigenvalue weighted by atomic mass is 16.7. The first-order chi connectivity index (χ1) is 44.1. The van der Waals surface area contributed by atoms with Crippen LogP contribution in [0.4, 0.5) is 0 Å². The van der Waals surface area contributed by atoms with Crippen LogP contribution in [0.2, 0.25) is 0 Å². The molecule has 0 fully saturated rings. The molecule has 0 aromatic heterocycles. The number of carbonyl (C=O) groups excluding carboxylic acids is 3. The van der Waals surface area contributed by atoms with Crippen LogP contribution >= 0.6 is 0 Å². The smallest absolute Gasteiger partial charge is 0.306 e. The van der Waals surface area contributed by atoms with E-state index in [0.717, 1.165) is 83.5 Å². The summed E-state index contributed by atoms with van der Waals surface area (Å²) in [5.74, 6) is -2.28. The van der Waals surface area contributed by atoms with Crippen LogP contribution in [0.3, 0.4) is 0 Å². The molecule has 0 aliphatic rings. The molecule has 0 saturated heterocycles. The minimum absolute atomic E-state index is 0.145. The number of carboxylic acid groups (broad SMARTS) is 1. The van der Waals surface area contributed by atoms with Crippen molar-refractivity contribution in [3.8, 4) is 0 Å². The predicted octanol–water partition coefficient (Wildman–Crippen LogP) is 23.1. The normalized spacial score (nSPS) is 13.0. The molecule has 0 bridgehead atoms. The van der Waals surface area contributed by atoms with Gasteiger partial charge in [0.2, 0.25) is 0 Å². The quantitative estimate of drug-likeness (QED) is 0.0195. The number of unbranched alkanes of at least 4 members (excludes halogenated alkanes) is 45. The highest BCUT2D eigenvalue weighted by Crippen LogP contribution is 2.19. The zero-order valence-corrected chi connectivity index (χ0v) is 60.0. The SMILES string of the molecule is CC/C=C\C/C=C\C/C=C\C/C=C\C/C=C\C/C=C\CCCCCCCCCCC(=O)OC(COC(=O)CCCCCCCCCCCCCCCCCCCCCCCCCCCCCCCCCCCCCCCC)COC(OCC[N+](C)(C)C)C(=O)[O-]. The Morgan fingerprint density at radius 3 is 0.944 bits per heavy atom. The van der Waals surface area contributed by atoms with Crippen LogP contribution in [-0.4, -0.2) is 82.3 Å². The molecule has 0 aromatic rings. The van der Waals surface area contributed by atoms with Crippen LogP contribution in [0.25, 0.3) is 0 Å². The van der Waals surface area contributed by atoms with Crippen LogP contribution in [0.15, 0.2) is 72.9 Å². The van der Waals surface area contributed by atoms with Crippen LogP contribution in [0, 0.1) is 0 Å². The average molecular weight is 1260 g/mol. The first kappa shape index (κ1) is 86.7. The summed E-state index contributed by atoms with van der Waals surface area (Å²) in [7, 11) is 5.94. The van der Waals surface area contributed by atoms with E-state index >= 15 is 0 Å². The molecule has 9 nitrogen and oxygen atoms in total. The summed E-state index contributed by atoms with van der Waals surface area (Å²) in [4.78, 5) is 37.5. The highest BCUT2D eigenvalue weighted by molar-refractivity contribution is 5.70. The van der Waals surface area contributed by atoms with E-state index in [1.807, 2.05) is 21.1 Å². The highest BCUT2D eigenvalue weighted by Gasteiger charge is 2.22. The monoisotopic (exact) mass is 1260 g/mol. The standard InChI is InChI=1S/C81H147NO8/c1-6-8-10-12-14-16-18-20-22-24-26-28-30-32-34-35-36-37-38-39-40-41-42-43-44-46-47-49-51-53-55-57-59-61-63-65-67-69-71-78(83)88-75-77(76-89-81(80(85)86)87-74-73-82(3,4)5)90-79(84)72-70-68-66-64-62-60-58-56-54-52-50-48-45-33-31-29-27-25-23-21-19-17-15-13-11-9-7-2/h9,11,15,17,21,23,27,29,33,45,50,52,77,81H,6-8,10,12-14,16,18-20,22,24-26,28,30-32,34-44,46-49,51,53-76H2,1-5H3/b11-9-,17-15-,23-21-,29-27-,45-33-,52-50-. The number of quaternary nitrogens is 1. The van der Waals surface area contributed by atoms with E-state index in [4.69, 9.17) is 18.9 Å². The van der Waals surface area contributed by atoms with Gasteiger partial charge in [-0.05, 0) is 64.2 Å². The minimum Gasteiger partial charge on any atom is -0.545 e. The van der Waals surface area contributed by atoms with Gasteiger partial charge >= 0.3 is 11.9 Å².